The topological polar surface area (TPSA) is 84.1 Å². The van der Waals surface area contributed by atoms with Gasteiger partial charge in [0.2, 0.25) is 0 Å². The Hall–Kier alpha value is -2.57. The first-order valence-electron chi connectivity index (χ1n) is 7.03. The number of carbonyl (C=O) groups is 2. The van der Waals surface area contributed by atoms with Crippen LogP contribution in [0, 0.1) is 6.92 Å². The second kappa shape index (κ2) is 6.46. The summed E-state index contributed by atoms with van der Waals surface area (Å²) in [6, 6.07) is 3.58. The summed E-state index contributed by atoms with van der Waals surface area (Å²) in [5, 5.41) is 8.72. The van der Waals surface area contributed by atoms with Gasteiger partial charge in [0.15, 0.2) is 11.4 Å². The van der Waals surface area contributed by atoms with Gasteiger partial charge >= 0.3 is 5.97 Å². The van der Waals surface area contributed by atoms with E-state index >= 15 is 0 Å². The van der Waals surface area contributed by atoms with Gasteiger partial charge in [-0.3, -0.25) is 14.0 Å². The van der Waals surface area contributed by atoms with E-state index in [1.54, 1.807) is 36.7 Å². The summed E-state index contributed by atoms with van der Waals surface area (Å²) in [6.45, 7) is 4.28. The first kappa shape index (κ1) is 15.8. The van der Waals surface area contributed by atoms with Crippen LogP contribution < -0.4 is 4.74 Å². The Balaban J connectivity index is 2.38. The highest BCUT2D eigenvalue weighted by molar-refractivity contribution is 5.95. The molecule has 0 unspecified atom stereocenters. The second-order valence-corrected chi connectivity index (χ2v) is 4.92. The lowest BCUT2D eigenvalue weighted by Gasteiger charge is -2.16. The zero-order chi connectivity index (χ0) is 16.3. The van der Waals surface area contributed by atoms with E-state index in [1.165, 1.54) is 4.90 Å². The van der Waals surface area contributed by atoms with E-state index in [1.807, 2.05) is 6.92 Å². The molecule has 0 aromatic carbocycles. The van der Waals surface area contributed by atoms with Crippen molar-refractivity contribution in [2.75, 3.05) is 20.2 Å². The molecule has 0 fully saturated rings. The highest BCUT2D eigenvalue weighted by Crippen LogP contribution is 2.22. The number of carboxylic acid groups (broad SMARTS) is 1. The van der Waals surface area contributed by atoms with Crippen LogP contribution in [0.4, 0.5) is 0 Å². The molecule has 0 aliphatic rings. The van der Waals surface area contributed by atoms with E-state index in [2.05, 4.69) is 4.98 Å². The molecule has 0 aliphatic heterocycles. The molecular formula is C15H19N3O4. The molecule has 0 saturated heterocycles. The molecule has 7 heteroatoms. The number of nitrogens with zero attached hydrogens (tertiary/aromatic N) is 3. The van der Waals surface area contributed by atoms with Crippen molar-refractivity contribution < 1.29 is 19.4 Å². The monoisotopic (exact) mass is 305 g/mol. The smallest absolute Gasteiger partial charge is 0.305 e. The van der Waals surface area contributed by atoms with E-state index in [0.29, 0.717) is 29.4 Å². The Kier molecular flexibility index (Phi) is 4.65. The number of imidazole rings is 1. The van der Waals surface area contributed by atoms with Crippen LogP contribution in [0.2, 0.25) is 0 Å². The first-order valence-corrected chi connectivity index (χ1v) is 7.03. The fourth-order valence-electron chi connectivity index (χ4n) is 2.23. The zero-order valence-corrected chi connectivity index (χ0v) is 12.9. The van der Waals surface area contributed by atoms with Gasteiger partial charge in [-0.2, -0.15) is 0 Å². The van der Waals surface area contributed by atoms with E-state index in [0.717, 1.165) is 0 Å². The number of ether oxygens (including phenoxy) is 1. The summed E-state index contributed by atoms with van der Waals surface area (Å²) in [5.74, 6) is -0.589. The second-order valence-electron chi connectivity index (χ2n) is 4.92. The van der Waals surface area contributed by atoms with Crippen LogP contribution in [0.5, 0.6) is 5.75 Å². The normalized spacial score (nSPS) is 10.7. The van der Waals surface area contributed by atoms with Crippen molar-refractivity contribution in [3.63, 3.8) is 0 Å². The van der Waals surface area contributed by atoms with Crippen molar-refractivity contribution in [3.8, 4) is 5.75 Å². The number of pyridine rings is 1. The summed E-state index contributed by atoms with van der Waals surface area (Å²) >= 11 is 0. The number of amides is 1. The number of carbonyl (C=O) groups excluding carboxylic acids is 1. The van der Waals surface area contributed by atoms with Gasteiger partial charge in [0.25, 0.3) is 5.91 Å². The van der Waals surface area contributed by atoms with E-state index in [4.69, 9.17) is 9.84 Å². The van der Waals surface area contributed by atoms with Crippen molar-refractivity contribution in [2.24, 2.45) is 0 Å². The quantitative estimate of drug-likeness (QED) is 0.876. The van der Waals surface area contributed by atoms with Crippen LogP contribution >= 0.6 is 0 Å². The van der Waals surface area contributed by atoms with Crippen LogP contribution in [0.3, 0.4) is 0 Å². The molecule has 2 aromatic heterocycles. The minimum Gasteiger partial charge on any atom is -0.490 e. The van der Waals surface area contributed by atoms with Gasteiger partial charge in [-0.05, 0) is 26.0 Å². The zero-order valence-electron chi connectivity index (χ0n) is 12.9. The van der Waals surface area contributed by atoms with Crippen LogP contribution in [-0.2, 0) is 4.79 Å². The number of hydrogen-bond acceptors (Lipinski definition) is 4. The number of carboxylic acids is 1. The lowest BCUT2D eigenvalue weighted by Crippen LogP contribution is -2.30. The number of hydrogen-bond donors (Lipinski definition) is 1. The molecule has 1 N–H and O–H groups in total. The first-order chi connectivity index (χ1) is 10.5. The third-order valence-corrected chi connectivity index (χ3v) is 3.30. The highest BCUT2D eigenvalue weighted by atomic mass is 16.5. The van der Waals surface area contributed by atoms with Crippen LogP contribution in [0.15, 0.2) is 18.3 Å². The summed E-state index contributed by atoms with van der Waals surface area (Å²) in [7, 11) is 1.58. The fraction of sp³-hybridized carbons (Fsp3) is 0.400. The van der Waals surface area contributed by atoms with Gasteiger partial charge in [0.05, 0.1) is 18.7 Å². The van der Waals surface area contributed by atoms with Gasteiger partial charge in [-0.25, -0.2) is 4.98 Å². The van der Waals surface area contributed by atoms with Crippen LogP contribution in [-0.4, -0.2) is 51.5 Å². The van der Waals surface area contributed by atoms with Gasteiger partial charge in [0, 0.05) is 19.8 Å². The van der Waals surface area contributed by atoms with E-state index < -0.39 is 5.97 Å². The molecule has 7 nitrogen and oxygen atoms in total. The minimum atomic E-state index is -0.937. The molecule has 0 spiro atoms. The van der Waals surface area contributed by atoms with E-state index in [9.17, 15) is 9.59 Å². The summed E-state index contributed by atoms with van der Waals surface area (Å²) in [6.07, 6.45) is 1.65. The Morgan fingerprint density at radius 3 is 2.82 bits per heavy atom. The predicted octanol–water partition coefficient (Wildman–Crippen LogP) is 1.59. The number of aryl methyl sites for hydroxylation is 1. The summed E-state index contributed by atoms with van der Waals surface area (Å²) in [4.78, 5) is 29.0. The third-order valence-electron chi connectivity index (χ3n) is 3.30. The Bertz CT molecular complexity index is 708. The molecule has 118 valence electrons. The highest BCUT2D eigenvalue weighted by Gasteiger charge is 2.21. The van der Waals surface area contributed by atoms with Gasteiger partial charge < -0.3 is 14.7 Å². The van der Waals surface area contributed by atoms with E-state index in [-0.39, 0.29) is 18.9 Å². The predicted molar refractivity (Wildman–Crippen MR) is 80.3 cm³/mol. The molecule has 2 aromatic rings. The standard InChI is InChI=1S/C15H19N3O4/c1-4-22-11-6-5-8-18-13(10(2)16-14(11)18)15(21)17(3)9-7-12(19)20/h5-6,8H,4,7,9H2,1-3H3,(H,19,20). The average Bonchev–Trinajstić information content (AvgIpc) is 2.81. The van der Waals surface area contributed by atoms with Gasteiger partial charge in [-0.15, -0.1) is 0 Å². The van der Waals surface area contributed by atoms with Crippen LogP contribution in [0.25, 0.3) is 5.65 Å². The Morgan fingerprint density at radius 2 is 2.18 bits per heavy atom. The molecule has 2 heterocycles. The number of rotatable bonds is 6. The molecule has 1 amide bonds. The largest absolute Gasteiger partial charge is 0.490 e. The van der Waals surface area contributed by atoms with Crippen molar-refractivity contribution in [1.82, 2.24) is 14.3 Å². The maximum atomic E-state index is 12.6. The van der Waals surface area contributed by atoms with Crippen molar-refractivity contribution >= 4 is 17.5 Å². The van der Waals surface area contributed by atoms with Crippen molar-refractivity contribution in [3.05, 3.63) is 29.7 Å². The minimum absolute atomic E-state index is 0.0950. The average molecular weight is 305 g/mol. The Labute approximate surface area is 128 Å². The molecule has 0 radical (unpaired) electrons. The molecule has 0 atom stereocenters. The summed E-state index contributed by atoms with van der Waals surface area (Å²) in [5.41, 5.74) is 1.58. The number of fused-ring (bicyclic) bond motifs is 1. The molecule has 2 rings (SSSR count). The Morgan fingerprint density at radius 1 is 1.45 bits per heavy atom. The maximum absolute atomic E-state index is 12.6. The lowest BCUT2D eigenvalue weighted by atomic mass is 10.3. The van der Waals surface area contributed by atoms with Gasteiger partial charge in [-0.1, -0.05) is 0 Å². The number of aliphatic carboxylic acids is 1. The maximum Gasteiger partial charge on any atom is 0.305 e. The fourth-order valence-corrected chi connectivity index (χ4v) is 2.23. The van der Waals surface area contributed by atoms with Crippen molar-refractivity contribution in [1.29, 1.82) is 0 Å². The molecule has 0 bridgehead atoms. The third kappa shape index (κ3) is 3.03. The summed E-state index contributed by atoms with van der Waals surface area (Å²) < 4.78 is 7.20. The van der Waals surface area contributed by atoms with Crippen LogP contribution in [0.1, 0.15) is 29.5 Å². The lowest BCUT2D eigenvalue weighted by molar-refractivity contribution is -0.137. The molecule has 0 saturated carbocycles. The van der Waals surface area contributed by atoms with Crippen molar-refractivity contribution in [2.45, 2.75) is 20.3 Å². The number of aromatic nitrogens is 2. The molecule has 0 aliphatic carbocycles. The molecular weight excluding hydrogens is 286 g/mol. The SMILES string of the molecule is CCOc1cccn2c(C(=O)N(C)CCC(=O)O)c(C)nc12. The van der Waals surface area contributed by atoms with Gasteiger partial charge in [0.1, 0.15) is 5.69 Å². The molecule has 22 heavy (non-hydrogen) atoms.